The van der Waals surface area contributed by atoms with E-state index in [1.807, 2.05) is 10.7 Å². The van der Waals surface area contributed by atoms with E-state index in [0.29, 0.717) is 5.69 Å². The van der Waals surface area contributed by atoms with E-state index in [4.69, 9.17) is 5.73 Å². The first-order chi connectivity index (χ1) is 6.84. The Hall–Kier alpha value is -1.58. The zero-order valence-electron chi connectivity index (χ0n) is 7.90. The molecule has 2 heterocycles. The molecule has 4 heteroatoms. The number of nitrogens with two attached hydrogens (primary N) is 1. The van der Waals surface area contributed by atoms with Crippen LogP contribution in [0.5, 0.6) is 0 Å². The molecule has 0 aromatic carbocycles. The van der Waals surface area contributed by atoms with Crippen LogP contribution in [0.2, 0.25) is 0 Å². The summed E-state index contributed by atoms with van der Waals surface area (Å²) in [6.45, 7) is 0. The highest BCUT2D eigenvalue weighted by Crippen LogP contribution is 2.23. The number of aromatic nitrogens is 3. The van der Waals surface area contributed by atoms with Crippen LogP contribution in [-0.4, -0.2) is 14.6 Å². The summed E-state index contributed by atoms with van der Waals surface area (Å²) in [6, 6.07) is 0. The molecule has 0 aliphatic heterocycles. The van der Waals surface area contributed by atoms with Gasteiger partial charge in [-0.1, -0.05) is 0 Å². The van der Waals surface area contributed by atoms with E-state index in [1.165, 1.54) is 24.1 Å². The van der Waals surface area contributed by atoms with Crippen molar-refractivity contribution in [3.8, 4) is 0 Å². The summed E-state index contributed by atoms with van der Waals surface area (Å²) in [5.74, 6) is 0. The van der Waals surface area contributed by atoms with Gasteiger partial charge in [-0.15, -0.1) is 0 Å². The molecule has 0 spiro atoms. The number of nitrogen functional groups attached to an aromatic ring is 1. The first-order valence-corrected chi connectivity index (χ1v) is 4.96. The Morgan fingerprint density at radius 1 is 1.29 bits per heavy atom. The summed E-state index contributed by atoms with van der Waals surface area (Å²) in [6.07, 6.45) is 8.22. The highest BCUT2D eigenvalue weighted by molar-refractivity contribution is 5.53. The molecule has 1 aliphatic carbocycles. The van der Waals surface area contributed by atoms with Gasteiger partial charge < -0.3 is 5.73 Å². The molecule has 2 aromatic heterocycles. The fraction of sp³-hybridized carbons (Fsp3) is 0.400. The van der Waals surface area contributed by atoms with Crippen molar-refractivity contribution in [1.82, 2.24) is 14.6 Å². The zero-order valence-corrected chi connectivity index (χ0v) is 7.90. The third-order valence-corrected chi connectivity index (χ3v) is 2.76. The van der Waals surface area contributed by atoms with Gasteiger partial charge in [0.25, 0.3) is 0 Å². The number of hydrogen-bond donors (Lipinski definition) is 1. The maximum absolute atomic E-state index is 5.66. The van der Waals surface area contributed by atoms with Gasteiger partial charge in [0.2, 0.25) is 0 Å². The summed E-state index contributed by atoms with van der Waals surface area (Å²) in [4.78, 5) is 4.33. The van der Waals surface area contributed by atoms with Gasteiger partial charge in [-0.05, 0) is 25.7 Å². The molecule has 0 unspecified atom stereocenters. The fourth-order valence-corrected chi connectivity index (χ4v) is 2.09. The molecular weight excluding hydrogens is 176 g/mol. The summed E-state index contributed by atoms with van der Waals surface area (Å²) < 4.78 is 1.81. The third kappa shape index (κ3) is 0.999. The lowest BCUT2D eigenvalue weighted by Crippen LogP contribution is -2.00. The molecule has 72 valence electrons. The SMILES string of the molecule is Nc1cnc2c3c(nn2c1)CCCC3. The highest BCUT2D eigenvalue weighted by atomic mass is 15.3. The normalized spacial score (nSPS) is 15.7. The minimum atomic E-state index is 0.664. The van der Waals surface area contributed by atoms with Crippen LogP contribution in [0.25, 0.3) is 5.65 Å². The maximum Gasteiger partial charge on any atom is 0.158 e. The summed E-state index contributed by atoms with van der Waals surface area (Å²) in [5.41, 5.74) is 9.82. The third-order valence-electron chi connectivity index (χ3n) is 2.76. The molecule has 2 N–H and O–H groups in total. The number of rotatable bonds is 0. The van der Waals surface area contributed by atoms with Crippen LogP contribution >= 0.6 is 0 Å². The van der Waals surface area contributed by atoms with Gasteiger partial charge in [0.15, 0.2) is 5.65 Å². The van der Waals surface area contributed by atoms with Gasteiger partial charge in [-0.2, -0.15) is 5.10 Å². The van der Waals surface area contributed by atoms with Crippen molar-refractivity contribution >= 4 is 11.3 Å². The molecule has 2 aromatic rings. The van der Waals surface area contributed by atoms with Crippen LogP contribution in [0.4, 0.5) is 5.69 Å². The lowest BCUT2D eigenvalue weighted by atomic mass is 9.98. The smallest absolute Gasteiger partial charge is 0.158 e. The van der Waals surface area contributed by atoms with Crippen molar-refractivity contribution in [2.45, 2.75) is 25.7 Å². The number of anilines is 1. The van der Waals surface area contributed by atoms with Crippen LogP contribution in [0.1, 0.15) is 24.1 Å². The summed E-state index contributed by atoms with van der Waals surface area (Å²) in [5, 5.41) is 4.49. The standard InChI is InChI=1S/C10H12N4/c11-7-5-12-10-8-3-1-2-4-9(8)13-14(10)6-7/h5-6H,1-4,11H2. The van der Waals surface area contributed by atoms with Crippen molar-refractivity contribution in [1.29, 1.82) is 0 Å². The first kappa shape index (κ1) is 7.79. The minimum absolute atomic E-state index is 0.664. The van der Waals surface area contributed by atoms with Crippen LogP contribution in [0.15, 0.2) is 12.4 Å². The lowest BCUT2D eigenvalue weighted by Gasteiger charge is -2.07. The molecule has 0 fully saturated rings. The van der Waals surface area contributed by atoms with E-state index in [-0.39, 0.29) is 0 Å². The second kappa shape index (κ2) is 2.70. The Bertz CT molecular complexity index is 486. The van der Waals surface area contributed by atoms with Gasteiger partial charge >= 0.3 is 0 Å². The Labute approximate surface area is 81.8 Å². The number of aryl methyl sites for hydroxylation is 2. The quantitative estimate of drug-likeness (QED) is 0.675. The number of fused-ring (bicyclic) bond motifs is 3. The first-order valence-electron chi connectivity index (χ1n) is 4.96. The predicted molar refractivity (Wildman–Crippen MR) is 54.0 cm³/mol. The minimum Gasteiger partial charge on any atom is -0.396 e. The van der Waals surface area contributed by atoms with E-state index in [9.17, 15) is 0 Å². The molecule has 0 saturated carbocycles. The predicted octanol–water partition coefficient (Wildman–Crippen LogP) is 1.19. The molecule has 4 nitrogen and oxygen atoms in total. The Balaban J connectivity index is 2.31. The van der Waals surface area contributed by atoms with Crippen LogP contribution < -0.4 is 5.73 Å². The van der Waals surface area contributed by atoms with E-state index in [1.54, 1.807) is 6.20 Å². The lowest BCUT2D eigenvalue weighted by molar-refractivity contribution is 0.673. The average molecular weight is 188 g/mol. The van der Waals surface area contributed by atoms with E-state index < -0.39 is 0 Å². The molecule has 1 aliphatic rings. The average Bonchev–Trinajstić information content (AvgIpc) is 2.54. The molecule has 0 radical (unpaired) electrons. The molecular formula is C10H12N4. The molecule has 0 amide bonds. The Morgan fingerprint density at radius 2 is 2.14 bits per heavy atom. The van der Waals surface area contributed by atoms with Gasteiger partial charge in [0.1, 0.15) is 0 Å². The van der Waals surface area contributed by atoms with E-state index in [0.717, 1.165) is 18.5 Å². The van der Waals surface area contributed by atoms with Crippen molar-refractivity contribution in [2.24, 2.45) is 0 Å². The Morgan fingerprint density at radius 3 is 3.07 bits per heavy atom. The second-order valence-electron chi connectivity index (χ2n) is 3.79. The van der Waals surface area contributed by atoms with Gasteiger partial charge in [0.05, 0.1) is 23.8 Å². The van der Waals surface area contributed by atoms with E-state index in [2.05, 4.69) is 10.1 Å². The van der Waals surface area contributed by atoms with Crippen LogP contribution in [0, 0.1) is 0 Å². The van der Waals surface area contributed by atoms with Crippen molar-refractivity contribution in [3.63, 3.8) is 0 Å². The zero-order chi connectivity index (χ0) is 9.54. The fourth-order valence-electron chi connectivity index (χ4n) is 2.09. The highest BCUT2D eigenvalue weighted by Gasteiger charge is 2.16. The second-order valence-corrected chi connectivity index (χ2v) is 3.79. The van der Waals surface area contributed by atoms with Gasteiger partial charge in [-0.25, -0.2) is 9.50 Å². The molecule has 3 rings (SSSR count). The number of hydrogen-bond acceptors (Lipinski definition) is 3. The monoisotopic (exact) mass is 188 g/mol. The summed E-state index contributed by atoms with van der Waals surface area (Å²) >= 11 is 0. The van der Waals surface area contributed by atoms with Gasteiger partial charge in [0, 0.05) is 5.56 Å². The molecule has 0 saturated heterocycles. The van der Waals surface area contributed by atoms with Crippen molar-refractivity contribution in [3.05, 3.63) is 23.7 Å². The van der Waals surface area contributed by atoms with Crippen LogP contribution in [-0.2, 0) is 12.8 Å². The van der Waals surface area contributed by atoms with E-state index >= 15 is 0 Å². The van der Waals surface area contributed by atoms with Crippen molar-refractivity contribution < 1.29 is 0 Å². The molecule has 0 atom stereocenters. The molecule has 14 heavy (non-hydrogen) atoms. The topological polar surface area (TPSA) is 56.2 Å². The maximum atomic E-state index is 5.66. The number of nitrogens with zero attached hydrogens (tertiary/aromatic N) is 3. The summed E-state index contributed by atoms with van der Waals surface area (Å²) in [7, 11) is 0. The van der Waals surface area contributed by atoms with Crippen molar-refractivity contribution in [2.75, 3.05) is 5.73 Å². The van der Waals surface area contributed by atoms with Gasteiger partial charge in [-0.3, -0.25) is 0 Å². The largest absolute Gasteiger partial charge is 0.396 e. The Kier molecular flexibility index (Phi) is 1.50. The molecule has 0 bridgehead atoms. The van der Waals surface area contributed by atoms with Crippen LogP contribution in [0.3, 0.4) is 0 Å².